The summed E-state index contributed by atoms with van der Waals surface area (Å²) < 4.78 is 36.9. The summed E-state index contributed by atoms with van der Waals surface area (Å²) >= 11 is 1.46. The Morgan fingerprint density at radius 2 is 1.43 bits per heavy atom. The zero-order valence-corrected chi connectivity index (χ0v) is 44.3. The van der Waals surface area contributed by atoms with Gasteiger partial charge < -0.3 is 52.8 Å². The summed E-state index contributed by atoms with van der Waals surface area (Å²) in [5, 5.41) is 20.6. The number of alkyl halides is 3. The third kappa shape index (κ3) is 17.6. The largest absolute Gasteiger partial charge is 0.497 e. The van der Waals surface area contributed by atoms with E-state index in [0.717, 1.165) is 16.2 Å². The van der Waals surface area contributed by atoms with Crippen molar-refractivity contribution in [3.63, 3.8) is 0 Å². The molecule has 0 radical (unpaired) electrons. The van der Waals surface area contributed by atoms with Crippen LogP contribution in [0.25, 0.3) is 0 Å². The Morgan fingerprint density at radius 1 is 0.818 bits per heavy atom. The fraction of sp³-hybridized carbons (Fsp3) is 0.462. The molecular formula is C52H66F3N9O12S. The molecule has 418 valence electrons. The number of rotatable bonds is 23. The first kappa shape index (κ1) is 62.2. The Bertz CT molecular complexity index is 2650. The van der Waals surface area contributed by atoms with Gasteiger partial charge in [-0.3, -0.25) is 48.1 Å². The maximum atomic E-state index is 14.7. The first-order chi connectivity index (χ1) is 36.3. The number of nitrogens with two attached hydrogens (primary N) is 2. The van der Waals surface area contributed by atoms with E-state index in [-0.39, 0.29) is 73.1 Å². The number of anilines is 1. The van der Waals surface area contributed by atoms with E-state index in [9.17, 15) is 56.3 Å². The average Bonchev–Trinajstić information content (AvgIpc) is 3.89. The number of thioether (sulfide) groups is 1. The average molecular weight is 1100 g/mol. The number of likely N-dealkylation sites (tertiary alicyclic amines) is 1. The fourth-order valence-corrected chi connectivity index (χ4v) is 9.08. The van der Waals surface area contributed by atoms with Gasteiger partial charge in [0.15, 0.2) is 11.6 Å². The molecule has 1 saturated heterocycles. The monoisotopic (exact) mass is 1100 g/mol. The van der Waals surface area contributed by atoms with Crippen LogP contribution in [0.2, 0.25) is 0 Å². The third-order valence-corrected chi connectivity index (χ3v) is 13.3. The Balaban J connectivity index is 0.00000171. The van der Waals surface area contributed by atoms with E-state index in [1.54, 1.807) is 49.6 Å². The number of amides is 7. The van der Waals surface area contributed by atoms with Crippen LogP contribution < -0.4 is 42.8 Å². The lowest BCUT2D eigenvalue weighted by Gasteiger charge is -2.33. The highest BCUT2D eigenvalue weighted by molar-refractivity contribution is 7.98. The summed E-state index contributed by atoms with van der Waals surface area (Å²) in [6.07, 6.45) is -4.12. The maximum Gasteiger partial charge on any atom is 0.490 e. The van der Waals surface area contributed by atoms with E-state index in [1.807, 2.05) is 38.1 Å². The second kappa shape index (κ2) is 28.7. The number of methoxy groups -OCH3 is 1. The van der Waals surface area contributed by atoms with E-state index in [4.69, 9.17) is 26.1 Å². The molecule has 0 spiro atoms. The second-order valence-corrected chi connectivity index (χ2v) is 19.7. The number of carboxylic acids is 1. The molecule has 1 aliphatic carbocycles. The molecule has 0 saturated carbocycles. The molecule has 6 atom stereocenters. The minimum absolute atomic E-state index is 0.0783. The minimum atomic E-state index is -5.08. The lowest BCUT2D eigenvalue weighted by atomic mass is 9.83. The topological polar surface area (TPSA) is 319 Å². The van der Waals surface area contributed by atoms with Gasteiger partial charge in [0, 0.05) is 53.5 Å². The van der Waals surface area contributed by atoms with Gasteiger partial charge in [0.25, 0.3) is 11.8 Å². The number of hydrogen-bond donors (Lipinski definition) is 8. The second-order valence-electron chi connectivity index (χ2n) is 18.7. The quantitative estimate of drug-likeness (QED) is 0.0495. The van der Waals surface area contributed by atoms with Gasteiger partial charge in [0.1, 0.15) is 29.9 Å². The molecule has 77 heavy (non-hydrogen) atoms. The standard InChI is InChI=1S/C50H65N9O10S.C2HF3O2/c1-28(2)24-39(57-41(60)25-54-47(65)37(52)27-70-26-32-17-19-33(69-6)20-18-32)49(67)58-22-10-16-40(58)50(68)59(48(66)31(5)56-46(64)30(4)55-45(63)29(3)51)23-11-21-53-38-15-9-14-36-42(38)44(62)35-13-8-7-12-34(35)43(36)61;3-2(4,5)1(6)7/h7-9,12-15,17-20,28-31,37,39-40,53H,10-11,16,21-27,51-52H2,1-6H3,(H,54,65)(H,55,63)(H,56,64)(H,57,60);(H,6,7)/t29-,30+,31+,37+,39+,40+;/m1./s1. The number of ether oxygens (including phenoxy) is 1. The molecule has 21 nitrogen and oxygen atoms in total. The maximum absolute atomic E-state index is 14.7. The zero-order valence-electron chi connectivity index (χ0n) is 43.5. The van der Waals surface area contributed by atoms with Gasteiger partial charge in [-0.1, -0.05) is 62.4 Å². The normalized spacial score (nSPS) is 15.7. The summed E-state index contributed by atoms with van der Waals surface area (Å²) in [5.41, 5.74) is 14.2. The summed E-state index contributed by atoms with van der Waals surface area (Å²) in [6, 6.07) is 12.7. The summed E-state index contributed by atoms with van der Waals surface area (Å²) in [4.78, 5) is 133. The number of nitrogens with zero attached hydrogens (tertiary/aromatic N) is 2. The molecule has 1 fully saturated rings. The van der Waals surface area contributed by atoms with Crippen molar-refractivity contribution in [2.45, 2.75) is 108 Å². The van der Waals surface area contributed by atoms with E-state index in [2.05, 4.69) is 26.6 Å². The van der Waals surface area contributed by atoms with Crippen LogP contribution in [0.15, 0.2) is 66.7 Å². The van der Waals surface area contributed by atoms with E-state index < -0.39 is 96.3 Å². The van der Waals surface area contributed by atoms with Crippen molar-refractivity contribution in [1.29, 1.82) is 0 Å². The Morgan fingerprint density at radius 3 is 2.03 bits per heavy atom. The van der Waals surface area contributed by atoms with Crippen molar-refractivity contribution in [1.82, 2.24) is 31.1 Å². The fourth-order valence-electron chi connectivity index (χ4n) is 8.13. The molecular weight excluding hydrogens is 1030 g/mol. The van der Waals surface area contributed by atoms with Gasteiger partial charge in [0.05, 0.1) is 31.3 Å². The predicted molar refractivity (Wildman–Crippen MR) is 278 cm³/mol. The lowest BCUT2D eigenvalue weighted by molar-refractivity contribution is -0.192. The molecule has 3 aromatic carbocycles. The predicted octanol–water partition coefficient (Wildman–Crippen LogP) is 2.52. The number of carboxylic acid groups (broad SMARTS) is 1. The number of carbonyl (C=O) groups is 10. The third-order valence-electron chi connectivity index (χ3n) is 12.1. The van der Waals surface area contributed by atoms with Gasteiger partial charge in [-0.05, 0) is 76.1 Å². The van der Waals surface area contributed by atoms with E-state index >= 15 is 0 Å². The minimum Gasteiger partial charge on any atom is -0.497 e. The molecule has 5 rings (SSSR count). The number of ketones is 2. The molecule has 0 bridgehead atoms. The molecule has 1 aliphatic heterocycles. The zero-order chi connectivity index (χ0) is 57.3. The first-order valence-electron chi connectivity index (χ1n) is 24.7. The SMILES string of the molecule is COc1ccc(CSC[C@H](N)C(=O)NCC(=O)N[C@@H](CC(C)C)C(=O)N2CCC[C@H]2C(=O)N(CCCNc2cccc3c2C(=O)c2ccccc2C3=O)C(=O)[C@H](C)NC(=O)[C@H](C)NC(=O)[C@@H](C)N)cc1.O=C(O)C(F)(F)F. The van der Waals surface area contributed by atoms with Crippen molar-refractivity contribution >= 4 is 76.3 Å². The van der Waals surface area contributed by atoms with Crippen LogP contribution in [0.3, 0.4) is 0 Å². The van der Waals surface area contributed by atoms with Crippen LogP contribution in [-0.4, -0.2) is 155 Å². The van der Waals surface area contributed by atoms with Gasteiger partial charge in [-0.15, -0.1) is 0 Å². The number of nitrogens with one attached hydrogen (secondary N) is 5. The molecule has 0 unspecified atom stereocenters. The number of imide groups is 1. The van der Waals surface area contributed by atoms with Crippen LogP contribution in [0.5, 0.6) is 5.75 Å². The lowest BCUT2D eigenvalue weighted by Crippen LogP contribution is -2.59. The van der Waals surface area contributed by atoms with Crippen molar-refractivity contribution in [2.24, 2.45) is 17.4 Å². The number of benzene rings is 3. The van der Waals surface area contributed by atoms with Crippen molar-refractivity contribution in [2.75, 3.05) is 44.4 Å². The van der Waals surface area contributed by atoms with Crippen molar-refractivity contribution < 1.29 is 71.0 Å². The van der Waals surface area contributed by atoms with Gasteiger partial charge in [-0.25, -0.2) is 4.79 Å². The van der Waals surface area contributed by atoms with Crippen molar-refractivity contribution in [3.05, 3.63) is 94.5 Å². The Labute approximate surface area is 447 Å². The van der Waals surface area contributed by atoms with E-state index in [0.29, 0.717) is 29.2 Å². The van der Waals surface area contributed by atoms with Gasteiger partial charge in [0.2, 0.25) is 29.5 Å². The molecule has 2 aliphatic rings. The highest BCUT2D eigenvalue weighted by Crippen LogP contribution is 2.32. The van der Waals surface area contributed by atoms with Crippen LogP contribution >= 0.6 is 11.8 Å². The summed E-state index contributed by atoms with van der Waals surface area (Å²) in [5.74, 6) is -6.31. The van der Waals surface area contributed by atoms with E-state index in [1.165, 1.54) is 37.4 Å². The number of hydrogen-bond acceptors (Lipinski definition) is 15. The first-order valence-corrected chi connectivity index (χ1v) is 25.8. The molecule has 3 aromatic rings. The smallest absolute Gasteiger partial charge is 0.490 e. The van der Waals surface area contributed by atoms with Crippen LogP contribution in [-0.2, 0) is 44.1 Å². The van der Waals surface area contributed by atoms with Crippen molar-refractivity contribution in [3.8, 4) is 5.75 Å². The number of fused-ring (bicyclic) bond motifs is 2. The highest BCUT2D eigenvalue weighted by Gasteiger charge is 2.42. The summed E-state index contributed by atoms with van der Waals surface area (Å²) in [7, 11) is 1.58. The number of aliphatic carboxylic acids is 1. The number of carbonyl (C=O) groups excluding carboxylic acids is 9. The highest BCUT2D eigenvalue weighted by atomic mass is 32.2. The molecule has 7 amide bonds. The molecule has 25 heteroatoms. The van der Waals surface area contributed by atoms with Crippen LogP contribution in [0, 0.1) is 5.92 Å². The summed E-state index contributed by atoms with van der Waals surface area (Å²) in [6.45, 7) is 7.67. The molecule has 1 heterocycles. The molecule has 10 N–H and O–H groups in total. The Kier molecular flexibility index (Phi) is 23.1. The molecule has 0 aromatic heterocycles. The Hall–Kier alpha value is -7.38. The van der Waals surface area contributed by atoms with Gasteiger partial charge >= 0.3 is 12.1 Å². The number of halogens is 3. The van der Waals surface area contributed by atoms with Crippen LogP contribution in [0.4, 0.5) is 18.9 Å². The van der Waals surface area contributed by atoms with Gasteiger partial charge in [-0.2, -0.15) is 24.9 Å². The van der Waals surface area contributed by atoms with Crippen LogP contribution in [0.1, 0.15) is 97.7 Å².